The number of carbonyl (C=O) groups is 1. The quantitative estimate of drug-likeness (QED) is 0.525. The molecule has 1 rings (SSSR count). The van der Waals surface area contributed by atoms with Crippen molar-refractivity contribution in [2.45, 2.75) is 18.4 Å². The van der Waals surface area contributed by atoms with Gasteiger partial charge < -0.3 is 15.6 Å². The van der Waals surface area contributed by atoms with Gasteiger partial charge in [-0.15, -0.1) is 0 Å². The lowest BCUT2D eigenvalue weighted by Gasteiger charge is -2.28. The Hall–Kier alpha value is -0.610. The van der Waals surface area contributed by atoms with Crippen LogP contribution in [-0.4, -0.2) is 29.8 Å². The van der Waals surface area contributed by atoms with Gasteiger partial charge in [-0.3, -0.25) is 4.79 Å². The Labute approximate surface area is 59.0 Å². The molecule has 0 unspecified atom stereocenters. The standard InChI is InChI=1S/C6H11NO3/c7-6(5(8)9)2-1-3-10-4-6/h1-4,7H2,(H,8,9)/t6-/m0/s1. The van der Waals surface area contributed by atoms with E-state index in [1.54, 1.807) is 0 Å². The van der Waals surface area contributed by atoms with E-state index < -0.39 is 11.5 Å². The van der Waals surface area contributed by atoms with Gasteiger partial charge in [0, 0.05) is 6.61 Å². The zero-order valence-corrected chi connectivity index (χ0v) is 5.67. The van der Waals surface area contributed by atoms with Crippen molar-refractivity contribution < 1.29 is 14.6 Å². The fourth-order valence-corrected chi connectivity index (χ4v) is 0.985. The Morgan fingerprint density at radius 1 is 1.70 bits per heavy atom. The highest BCUT2D eigenvalue weighted by Crippen LogP contribution is 2.15. The van der Waals surface area contributed by atoms with Crippen LogP contribution >= 0.6 is 0 Å². The van der Waals surface area contributed by atoms with Gasteiger partial charge in [-0.1, -0.05) is 0 Å². The van der Waals surface area contributed by atoms with Crippen LogP contribution in [0.4, 0.5) is 0 Å². The molecule has 1 heterocycles. The highest BCUT2D eigenvalue weighted by atomic mass is 16.5. The maximum Gasteiger partial charge on any atom is 0.326 e. The number of carboxylic acid groups (broad SMARTS) is 1. The van der Waals surface area contributed by atoms with E-state index in [1.165, 1.54) is 0 Å². The van der Waals surface area contributed by atoms with E-state index >= 15 is 0 Å². The maximum atomic E-state index is 10.5. The van der Waals surface area contributed by atoms with Gasteiger partial charge in [0.25, 0.3) is 0 Å². The second-order valence-electron chi connectivity index (χ2n) is 2.62. The number of hydrogen-bond donors (Lipinski definition) is 2. The van der Waals surface area contributed by atoms with E-state index in [0.717, 1.165) is 6.42 Å². The number of nitrogens with two attached hydrogens (primary N) is 1. The smallest absolute Gasteiger partial charge is 0.326 e. The van der Waals surface area contributed by atoms with Crippen LogP contribution < -0.4 is 5.73 Å². The lowest BCUT2D eigenvalue weighted by molar-refractivity contribution is -0.148. The number of carboxylic acids is 1. The number of ether oxygens (including phenoxy) is 1. The maximum absolute atomic E-state index is 10.5. The minimum atomic E-state index is -1.13. The topological polar surface area (TPSA) is 72.6 Å². The van der Waals surface area contributed by atoms with Crippen molar-refractivity contribution in [1.29, 1.82) is 0 Å². The molecule has 4 heteroatoms. The zero-order chi connectivity index (χ0) is 7.61. The molecule has 10 heavy (non-hydrogen) atoms. The summed E-state index contributed by atoms with van der Waals surface area (Å²) in [4.78, 5) is 10.5. The van der Waals surface area contributed by atoms with Crippen molar-refractivity contribution in [1.82, 2.24) is 0 Å². The van der Waals surface area contributed by atoms with Gasteiger partial charge in [0.15, 0.2) is 0 Å². The summed E-state index contributed by atoms with van der Waals surface area (Å²) in [6, 6.07) is 0. The summed E-state index contributed by atoms with van der Waals surface area (Å²) in [5.41, 5.74) is 4.35. The van der Waals surface area contributed by atoms with Gasteiger partial charge >= 0.3 is 5.97 Å². The van der Waals surface area contributed by atoms with E-state index in [-0.39, 0.29) is 6.61 Å². The number of aliphatic carboxylic acids is 1. The van der Waals surface area contributed by atoms with Crippen molar-refractivity contribution in [3.05, 3.63) is 0 Å². The molecule has 0 radical (unpaired) electrons. The van der Waals surface area contributed by atoms with Crippen molar-refractivity contribution in [3.8, 4) is 0 Å². The largest absolute Gasteiger partial charge is 0.480 e. The van der Waals surface area contributed by atoms with Crippen LogP contribution in [-0.2, 0) is 9.53 Å². The minimum Gasteiger partial charge on any atom is -0.480 e. The van der Waals surface area contributed by atoms with Gasteiger partial charge in [-0.25, -0.2) is 0 Å². The summed E-state index contributed by atoms with van der Waals surface area (Å²) in [6.07, 6.45) is 1.26. The number of hydrogen-bond acceptors (Lipinski definition) is 3. The molecule has 0 spiro atoms. The fraction of sp³-hybridized carbons (Fsp3) is 0.833. The van der Waals surface area contributed by atoms with E-state index in [1.807, 2.05) is 0 Å². The Morgan fingerprint density at radius 2 is 2.40 bits per heavy atom. The van der Waals surface area contributed by atoms with Crippen LogP contribution in [0.1, 0.15) is 12.8 Å². The van der Waals surface area contributed by atoms with E-state index in [2.05, 4.69) is 0 Å². The normalized spacial score (nSPS) is 33.7. The first-order valence-corrected chi connectivity index (χ1v) is 3.25. The Bertz CT molecular complexity index is 140. The first kappa shape index (κ1) is 7.50. The van der Waals surface area contributed by atoms with Crippen LogP contribution in [0.2, 0.25) is 0 Å². The Kier molecular flexibility index (Phi) is 1.92. The van der Waals surface area contributed by atoms with Gasteiger partial charge in [0.1, 0.15) is 5.54 Å². The predicted molar refractivity (Wildman–Crippen MR) is 34.6 cm³/mol. The molecule has 1 fully saturated rings. The average Bonchev–Trinajstić information content (AvgIpc) is 1.89. The minimum absolute atomic E-state index is 0.141. The van der Waals surface area contributed by atoms with Crippen molar-refractivity contribution in [2.75, 3.05) is 13.2 Å². The molecule has 0 bridgehead atoms. The second-order valence-corrected chi connectivity index (χ2v) is 2.62. The zero-order valence-electron chi connectivity index (χ0n) is 5.67. The van der Waals surface area contributed by atoms with Crippen LogP contribution in [0.3, 0.4) is 0 Å². The summed E-state index contributed by atoms with van der Waals surface area (Å²) in [7, 11) is 0. The van der Waals surface area contributed by atoms with Gasteiger partial charge in [-0.2, -0.15) is 0 Å². The molecule has 4 nitrogen and oxygen atoms in total. The highest BCUT2D eigenvalue weighted by Gasteiger charge is 2.35. The Morgan fingerprint density at radius 3 is 2.70 bits per heavy atom. The summed E-state index contributed by atoms with van der Waals surface area (Å²) in [5, 5.41) is 8.59. The van der Waals surface area contributed by atoms with Crippen LogP contribution in [0.15, 0.2) is 0 Å². The van der Waals surface area contributed by atoms with Crippen LogP contribution in [0, 0.1) is 0 Å². The molecule has 0 saturated carbocycles. The summed E-state index contributed by atoms with van der Waals surface area (Å²) < 4.78 is 4.94. The molecule has 58 valence electrons. The summed E-state index contributed by atoms with van der Waals surface area (Å²) in [5.74, 6) is -0.966. The molecule has 0 aromatic rings. The second kappa shape index (κ2) is 2.56. The SMILES string of the molecule is N[C@@]1(C(=O)O)CCCOC1. The molecule has 0 aliphatic carbocycles. The first-order valence-electron chi connectivity index (χ1n) is 3.25. The molecule has 1 saturated heterocycles. The summed E-state index contributed by atoms with van der Waals surface area (Å²) >= 11 is 0. The van der Waals surface area contributed by atoms with Crippen LogP contribution in [0.5, 0.6) is 0 Å². The highest BCUT2D eigenvalue weighted by molar-refractivity contribution is 5.78. The molecular weight excluding hydrogens is 134 g/mol. The molecule has 0 aromatic heterocycles. The molecular formula is C6H11NO3. The third-order valence-electron chi connectivity index (χ3n) is 1.70. The molecule has 3 N–H and O–H groups in total. The van der Waals surface area contributed by atoms with E-state index in [4.69, 9.17) is 15.6 Å². The predicted octanol–water partition coefficient (Wildman–Crippen LogP) is -0.421. The third kappa shape index (κ3) is 1.27. The monoisotopic (exact) mass is 145 g/mol. The molecule has 0 amide bonds. The van der Waals surface area contributed by atoms with Crippen LogP contribution in [0.25, 0.3) is 0 Å². The molecule has 0 aromatic carbocycles. The first-order chi connectivity index (χ1) is 4.65. The molecule has 1 atom stereocenters. The fourth-order valence-electron chi connectivity index (χ4n) is 0.985. The Balaban J connectivity index is 2.56. The number of rotatable bonds is 1. The van der Waals surface area contributed by atoms with Gasteiger partial charge in [-0.05, 0) is 12.8 Å². The van der Waals surface area contributed by atoms with Crippen molar-refractivity contribution in [3.63, 3.8) is 0 Å². The average molecular weight is 145 g/mol. The lowest BCUT2D eigenvalue weighted by Crippen LogP contribution is -2.54. The summed E-state index contributed by atoms with van der Waals surface area (Å²) in [6.45, 7) is 0.772. The van der Waals surface area contributed by atoms with Gasteiger partial charge in [0.05, 0.1) is 6.61 Å². The molecule has 1 aliphatic heterocycles. The lowest BCUT2D eigenvalue weighted by atomic mass is 9.94. The van der Waals surface area contributed by atoms with E-state index in [9.17, 15) is 4.79 Å². The molecule has 1 aliphatic rings. The third-order valence-corrected chi connectivity index (χ3v) is 1.70. The van der Waals surface area contributed by atoms with E-state index in [0.29, 0.717) is 13.0 Å². The van der Waals surface area contributed by atoms with Gasteiger partial charge in [0.2, 0.25) is 0 Å². The van der Waals surface area contributed by atoms with Crippen molar-refractivity contribution >= 4 is 5.97 Å². The van der Waals surface area contributed by atoms with Crippen molar-refractivity contribution in [2.24, 2.45) is 5.73 Å².